The second-order valence-electron chi connectivity index (χ2n) is 10.3. The van der Waals surface area contributed by atoms with Crippen molar-refractivity contribution in [3.8, 4) is 23.3 Å². The lowest BCUT2D eigenvalue weighted by molar-refractivity contribution is -0.121. The number of nitrogens with zero attached hydrogens (tertiary/aromatic N) is 2. The van der Waals surface area contributed by atoms with Crippen molar-refractivity contribution in [3.63, 3.8) is 0 Å². The van der Waals surface area contributed by atoms with E-state index in [-0.39, 0.29) is 17.9 Å². The molecule has 0 aliphatic carbocycles. The first-order valence-corrected chi connectivity index (χ1v) is 13.9. The number of carbonyl (C=O) groups is 2. The van der Waals surface area contributed by atoms with Crippen molar-refractivity contribution in [1.82, 2.24) is 15.2 Å². The normalized spacial score (nSPS) is 17.0. The van der Waals surface area contributed by atoms with Gasteiger partial charge in [0.2, 0.25) is 5.91 Å². The number of H-pyrrole nitrogens is 1. The highest BCUT2D eigenvalue weighted by molar-refractivity contribution is 5.93. The number of ether oxygens (including phenoxy) is 2. The lowest BCUT2D eigenvalue weighted by Crippen LogP contribution is -2.40. The Morgan fingerprint density at radius 1 is 0.951 bits per heavy atom. The van der Waals surface area contributed by atoms with Crippen molar-refractivity contribution in [3.05, 3.63) is 113 Å². The van der Waals surface area contributed by atoms with Gasteiger partial charge in [0, 0.05) is 25.7 Å². The molecule has 0 fully saturated rings. The Hall–Kier alpha value is -5.03. The number of aromatic amines is 1. The first kappa shape index (κ1) is 26.2. The average Bonchev–Trinajstić information content (AvgIpc) is 3.49. The lowest BCUT2D eigenvalue weighted by Gasteiger charge is -2.38. The molecule has 8 heteroatoms. The van der Waals surface area contributed by atoms with Crippen molar-refractivity contribution >= 4 is 11.8 Å². The van der Waals surface area contributed by atoms with Crippen LogP contribution in [0.3, 0.4) is 0 Å². The Morgan fingerprint density at radius 2 is 1.80 bits per heavy atom. The van der Waals surface area contributed by atoms with Crippen LogP contribution in [-0.4, -0.2) is 41.4 Å². The topological polar surface area (TPSA) is 107 Å². The van der Waals surface area contributed by atoms with E-state index in [1.807, 2.05) is 71.6 Å². The van der Waals surface area contributed by atoms with Crippen molar-refractivity contribution in [2.75, 3.05) is 19.7 Å². The van der Waals surface area contributed by atoms with Crippen LogP contribution in [0.1, 0.15) is 57.2 Å². The molecule has 5 aliphatic rings. The molecule has 0 radical (unpaired) electrons. The fourth-order valence-corrected chi connectivity index (χ4v) is 5.45. The number of amides is 2. The maximum absolute atomic E-state index is 13.7. The van der Waals surface area contributed by atoms with Gasteiger partial charge in [0.25, 0.3) is 5.91 Å². The summed E-state index contributed by atoms with van der Waals surface area (Å²) in [5.41, 5.74) is 4.92. The first-order valence-electron chi connectivity index (χ1n) is 13.9. The van der Waals surface area contributed by atoms with Crippen LogP contribution in [-0.2, 0) is 17.6 Å². The summed E-state index contributed by atoms with van der Waals surface area (Å²) < 4.78 is 12.2. The van der Waals surface area contributed by atoms with Gasteiger partial charge in [0.05, 0.1) is 18.2 Å². The van der Waals surface area contributed by atoms with Crippen molar-refractivity contribution < 1.29 is 19.1 Å². The van der Waals surface area contributed by atoms with Gasteiger partial charge >= 0.3 is 0 Å². The average molecular weight is 547 g/mol. The van der Waals surface area contributed by atoms with Gasteiger partial charge in [-0.1, -0.05) is 30.3 Å². The summed E-state index contributed by atoms with van der Waals surface area (Å²) in [6, 6.07) is 25.0. The van der Waals surface area contributed by atoms with Crippen LogP contribution in [0.4, 0.5) is 0 Å². The quantitative estimate of drug-likeness (QED) is 0.337. The fourth-order valence-electron chi connectivity index (χ4n) is 5.45. The molecule has 1 atom stereocenters. The second kappa shape index (κ2) is 11.6. The van der Waals surface area contributed by atoms with Gasteiger partial charge in [-0.3, -0.25) is 9.59 Å². The zero-order chi connectivity index (χ0) is 28.2. The molecule has 8 bridgehead atoms. The van der Waals surface area contributed by atoms with Gasteiger partial charge in [-0.05, 0) is 84.0 Å². The van der Waals surface area contributed by atoms with Crippen LogP contribution in [0.25, 0.3) is 0 Å². The summed E-state index contributed by atoms with van der Waals surface area (Å²) in [7, 11) is 0. The number of hydrogen-bond donors (Lipinski definition) is 2. The molecule has 2 N–H and O–H groups in total. The highest BCUT2D eigenvalue weighted by atomic mass is 16.5. The third-order valence-corrected chi connectivity index (χ3v) is 7.53. The van der Waals surface area contributed by atoms with E-state index in [0.717, 1.165) is 33.8 Å². The molecule has 9 rings (SSSR count). The molecule has 8 nitrogen and oxygen atoms in total. The molecule has 0 spiro atoms. The van der Waals surface area contributed by atoms with Crippen molar-refractivity contribution in [1.29, 1.82) is 5.26 Å². The van der Waals surface area contributed by atoms with Crippen LogP contribution in [0.5, 0.6) is 17.2 Å². The third-order valence-electron chi connectivity index (χ3n) is 7.53. The van der Waals surface area contributed by atoms with Crippen molar-refractivity contribution in [2.45, 2.75) is 31.7 Å². The molecule has 2 amide bonds. The number of aromatic nitrogens is 1. The highest BCUT2D eigenvalue weighted by Crippen LogP contribution is 2.39. The predicted molar refractivity (Wildman–Crippen MR) is 153 cm³/mol. The number of nitrogens with one attached hydrogen (secondary N) is 2. The van der Waals surface area contributed by atoms with E-state index in [4.69, 9.17) is 9.47 Å². The summed E-state index contributed by atoms with van der Waals surface area (Å²) in [4.78, 5) is 30.9. The summed E-state index contributed by atoms with van der Waals surface area (Å²) in [6.45, 7) is 1.49. The number of aryl methyl sites for hydroxylation is 1. The molecule has 206 valence electrons. The van der Waals surface area contributed by atoms with Crippen LogP contribution >= 0.6 is 0 Å². The fraction of sp³-hybridized carbons (Fsp3) is 0.242. The van der Waals surface area contributed by atoms with E-state index in [9.17, 15) is 14.9 Å². The van der Waals surface area contributed by atoms with Crippen LogP contribution in [0.2, 0.25) is 0 Å². The first-order chi connectivity index (χ1) is 20.1. The third kappa shape index (κ3) is 5.80. The molecule has 4 aromatic rings. The minimum Gasteiger partial charge on any atom is -0.494 e. The Kier molecular flexibility index (Phi) is 7.42. The summed E-state index contributed by atoms with van der Waals surface area (Å²) in [5, 5.41) is 12.2. The van der Waals surface area contributed by atoms with Crippen molar-refractivity contribution in [2.24, 2.45) is 0 Å². The van der Waals surface area contributed by atoms with E-state index >= 15 is 0 Å². The van der Waals surface area contributed by atoms with Crippen LogP contribution in [0.15, 0.2) is 79.0 Å². The lowest BCUT2D eigenvalue weighted by atomic mass is 9.87. The molecule has 5 aliphatic heterocycles. The minimum absolute atomic E-state index is 0.0144. The molecular formula is C33H30N4O4. The van der Waals surface area contributed by atoms with Gasteiger partial charge in [-0.25, -0.2) is 0 Å². The Balaban J connectivity index is 1.37. The van der Waals surface area contributed by atoms with Crippen LogP contribution in [0, 0.1) is 11.3 Å². The van der Waals surface area contributed by atoms with Gasteiger partial charge in [-0.15, -0.1) is 0 Å². The van der Waals surface area contributed by atoms with Gasteiger partial charge in [0.1, 0.15) is 29.0 Å². The standard InChI is InChI=1S/C33H30N4O4/c34-20-23-17-30(36-21-23)33(39)37-15-13-24-18-28-10-11-29(24)32(37)25-3-1-4-27(19-25)40-16-2-14-35-31(38)12-7-22-5-8-26(41-28)9-6-22/h1,3-6,8-11,17-19,21,32,36H,2,7,12-16H2,(H,35,38). The Morgan fingerprint density at radius 3 is 2.63 bits per heavy atom. The molecule has 3 aromatic carbocycles. The van der Waals surface area contributed by atoms with Gasteiger partial charge < -0.3 is 24.7 Å². The minimum atomic E-state index is -0.356. The van der Waals surface area contributed by atoms with E-state index in [1.165, 1.54) is 0 Å². The van der Waals surface area contributed by atoms with E-state index in [2.05, 4.69) is 16.4 Å². The molecule has 1 unspecified atom stereocenters. The van der Waals surface area contributed by atoms with Crippen LogP contribution < -0.4 is 14.8 Å². The van der Waals surface area contributed by atoms with E-state index in [1.54, 1.807) is 12.3 Å². The monoisotopic (exact) mass is 546 g/mol. The maximum atomic E-state index is 13.7. The summed E-state index contributed by atoms with van der Waals surface area (Å²) in [5.74, 6) is 1.99. The van der Waals surface area contributed by atoms with E-state index < -0.39 is 0 Å². The Labute approximate surface area is 238 Å². The highest BCUT2D eigenvalue weighted by Gasteiger charge is 2.33. The largest absolute Gasteiger partial charge is 0.494 e. The molecule has 1 aromatic heterocycles. The van der Waals surface area contributed by atoms with Gasteiger partial charge in [0.15, 0.2) is 0 Å². The zero-order valence-electron chi connectivity index (χ0n) is 22.6. The number of benzene rings is 3. The summed E-state index contributed by atoms with van der Waals surface area (Å²) in [6.07, 6.45) is 3.97. The molecule has 41 heavy (non-hydrogen) atoms. The summed E-state index contributed by atoms with van der Waals surface area (Å²) >= 11 is 0. The molecule has 0 saturated carbocycles. The predicted octanol–water partition coefficient (Wildman–Crippen LogP) is 5.30. The SMILES string of the molecule is N#Cc1c[nH]c(C(=O)N2CCc3cc4ccc3C2c2cccc(c2)OCCCNC(=O)CCc2ccc(cc2)O4)c1. The number of rotatable bonds is 1. The van der Waals surface area contributed by atoms with E-state index in [0.29, 0.717) is 62.4 Å². The zero-order valence-corrected chi connectivity index (χ0v) is 22.6. The molecule has 0 saturated heterocycles. The molecular weight excluding hydrogens is 516 g/mol. The maximum Gasteiger partial charge on any atom is 0.271 e. The Bertz CT molecular complexity index is 1620. The smallest absolute Gasteiger partial charge is 0.271 e. The molecule has 6 heterocycles. The second-order valence-corrected chi connectivity index (χ2v) is 10.3. The number of hydrogen-bond acceptors (Lipinski definition) is 5. The number of nitriles is 1. The van der Waals surface area contributed by atoms with Gasteiger partial charge in [-0.2, -0.15) is 5.26 Å². The number of carbonyl (C=O) groups excluding carboxylic acids is 2.